The first-order chi connectivity index (χ1) is 8.34. The molecule has 0 heteroatoms. The first kappa shape index (κ1) is 9.70. The van der Waals surface area contributed by atoms with Gasteiger partial charge in [-0.25, -0.2) is 0 Å². The van der Waals surface area contributed by atoms with Crippen LogP contribution in [0.2, 0.25) is 0 Å². The quantitative estimate of drug-likeness (QED) is 0.657. The molecule has 0 spiro atoms. The molecule has 3 aliphatic carbocycles. The van der Waals surface area contributed by atoms with E-state index in [-0.39, 0.29) is 0 Å². The number of allylic oxidation sites excluding steroid dienone is 3. The molecule has 17 heavy (non-hydrogen) atoms. The molecule has 2 saturated carbocycles. The van der Waals surface area contributed by atoms with E-state index in [4.69, 9.17) is 0 Å². The second-order valence-electron chi connectivity index (χ2n) is 5.88. The molecule has 1 aromatic rings. The Bertz CT molecular complexity index is 521. The Labute approximate surface area is 103 Å². The zero-order valence-electron chi connectivity index (χ0n) is 10.3. The number of fused-ring (bicyclic) bond motifs is 5. The Balaban J connectivity index is 1.54. The SMILES string of the molecule is Cc1ccccc1/C=C/[C@@H]1[C@H]2C3=CC[C@@H](C3)[C@@H]12. The van der Waals surface area contributed by atoms with Gasteiger partial charge in [0.05, 0.1) is 0 Å². The van der Waals surface area contributed by atoms with E-state index in [1.165, 1.54) is 24.0 Å². The fraction of sp³-hybridized carbons (Fsp3) is 0.412. The van der Waals surface area contributed by atoms with Crippen LogP contribution in [0.1, 0.15) is 24.0 Å². The molecule has 0 amide bonds. The summed E-state index contributed by atoms with van der Waals surface area (Å²) in [5.74, 6) is 3.81. The molecule has 3 aliphatic rings. The van der Waals surface area contributed by atoms with Crippen molar-refractivity contribution in [3.63, 3.8) is 0 Å². The van der Waals surface area contributed by atoms with Crippen molar-refractivity contribution in [1.82, 2.24) is 0 Å². The van der Waals surface area contributed by atoms with Crippen LogP contribution in [0.15, 0.2) is 42.0 Å². The van der Waals surface area contributed by atoms with Gasteiger partial charge in [-0.1, -0.05) is 48.1 Å². The molecule has 2 fully saturated rings. The molecule has 0 aromatic heterocycles. The molecule has 4 rings (SSSR count). The molecule has 86 valence electrons. The van der Waals surface area contributed by atoms with Crippen molar-refractivity contribution in [3.8, 4) is 0 Å². The fourth-order valence-electron chi connectivity index (χ4n) is 4.04. The zero-order valence-corrected chi connectivity index (χ0v) is 10.3. The molecule has 1 aromatic carbocycles. The Morgan fingerprint density at radius 3 is 2.88 bits per heavy atom. The third-order valence-electron chi connectivity index (χ3n) is 4.97. The Morgan fingerprint density at radius 1 is 1.24 bits per heavy atom. The second-order valence-corrected chi connectivity index (χ2v) is 5.88. The van der Waals surface area contributed by atoms with Gasteiger partial charge in [0.25, 0.3) is 0 Å². The molecule has 0 saturated heterocycles. The van der Waals surface area contributed by atoms with E-state index in [2.05, 4.69) is 49.4 Å². The van der Waals surface area contributed by atoms with E-state index in [9.17, 15) is 0 Å². The first-order valence-corrected chi connectivity index (χ1v) is 6.77. The normalized spacial score (nSPS) is 37.4. The smallest absolute Gasteiger partial charge is 0.0100 e. The summed E-state index contributed by atoms with van der Waals surface area (Å²) in [5, 5.41) is 0. The number of aryl methyl sites for hydroxylation is 1. The van der Waals surface area contributed by atoms with Gasteiger partial charge in [-0.15, -0.1) is 0 Å². The Kier molecular flexibility index (Phi) is 1.91. The summed E-state index contributed by atoms with van der Waals surface area (Å²) in [4.78, 5) is 0. The van der Waals surface area contributed by atoms with E-state index in [1.807, 2.05) is 0 Å². The molecule has 4 atom stereocenters. The van der Waals surface area contributed by atoms with Gasteiger partial charge in [-0.05, 0) is 54.6 Å². The molecular formula is C17H18. The largest absolute Gasteiger partial charge is 0.0847 e. The lowest BCUT2D eigenvalue weighted by atomic mass is 10.0. The maximum absolute atomic E-state index is 2.51. The van der Waals surface area contributed by atoms with Gasteiger partial charge in [-0.3, -0.25) is 0 Å². The van der Waals surface area contributed by atoms with Crippen LogP contribution >= 0.6 is 0 Å². The number of hydrogen-bond acceptors (Lipinski definition) is 0. The number of benzene rings is 1. The number of hydrogen-bond donors (Lipinski definition) is 0. The average Bonchev–Trinajstić information content (AvgIpc) is 2.74. The van der Waals surface area contributed by atoms with Crippen molar-refractivity contribution in [2.45, 2.75) is 19.8 Å². The maximum atomic E-state index is 2.51. The first-order valence-electron chi connectivity index (χ1n) is 6.77. The summed E-state index contributed by atoms with van der Waals surface area (Å²) >= 11 is 0. The molecule has 0 unspecified atom stereocenters. The van der Waals surface area contributed by atoms with Crippen molar-refractivity contribution >= 4 is 6.08 Å². The minimum atomic E-state index is 0.863. The lowest BCUT2D eigenvalue weighted by Gasteiger charge is -2.04. The summed E-state index contributed by atoms with van der Waals surface area (Å²) in [6.45, 7) is 2.19. The van der Waals surface area contributed by atoms with Gasteiger partial charge in [0.1, 0.15) is 0 Å². The van der Waals surface area contributed by atoms with E-state index >= 15 is 0 Å². The maximum Gasteiger partial charge on any atom is -0.0100 e. The van der Waals surface area contributed by atoms with Crippen LogP contribution in [0.3, 0.4) is 0 Å². The van der Waals surface area contributed by atoms with Crippen molar-refractivity contribution < 1.29 is 0 Å². The summed E-state index contributed by atoms with van der Waals surface area (Å²) in [7, 11) is 0. The third-order valence-corrected chi connectivity index (χ3v) is 4.97. The van der Waals surface area contributed by atoms with E-state index in [0.717, 1.165) is 23.7 Å². The van der Waals surface area contributed by atoms with Crippen LogP contribution in [-0.2, 0) is 0 Å². The average molecular weight is 222 g/mol. The highest BCUT2D eigenvalue weighted by Gasteiger charge is 2.60. The monoisotopic (exact) mass is 222 g/mol. The van der Waals surface area contributed by atoms with Crippen LogP contribution in [0.4, 0.5) is 0 Å². The van der Waals surface area contributed by atoms with E-state index < -0.39 is 0 Å². The summed E-state index contributed by atoms with van der Waals surface area (Å²) in [6.07, 6.45) is 10.1. The minimum absolute atomic E-state index is 0.863. The van der Waals surface area contributed by atoms with Crippen molar-refractivity contribution in [2.75, 3.05) is 0 Å². The molecule has 0 heterocycles. The van der Waals surface area contributed by atoms with Gasteiger partial charge < -0.3 is 0 Å². The molecule has 0 N–H and O–H groups in total. The van der Waals surface area contributed by atoms with Gasteiger partial charge in [0.2, 0.25) is 0 Å². The molecule has 0 nitrogen and oxygen atoms in total. The molecule has 2 bridgehead atoms. The predicted molar refractivity (Wildman–Crippen MR) is 71.5 cm³/mol. The topological polar surface area (TPSA) is 0 Å². The molecular weight excluding hydrogens is 204 g/mol. The number of rotatable bonds is 2. The lowest BCUT2D eigenvalue weighted by molar-refractivity contribution is 0.497. The van der Waals surface area contributed by atoms with E-state index in [1.54, 1.807) is 5.57 Å². The van der Waals surface area contributed by atoms with Gasteiger partial charge in [-0.2, -0.15) is 0 Å². The molecule has 0 radical (unpaired) electrons. The Hall–Kier alpha value is -1.30. The highest BCUT2D eigenvalue weighted by molar-refractivity contribution is 5.55. The fourth-order valence-corrected chi connectivity index (χ4v) is 4.04. The van der Waals surface area contributed by atoms with Gasteiger partial charge in [0.15, 0.2) is 0 Å². The van der Waals surface area contributed by atoms with Crippen molar-refractivity contribution in [3.05, 3.63) is 53.1 Å². The lowest BCUT2D eigenvalue weighted by Crippen LogP contribution is -1.96. The summed E-state index contributed by atoms with van der Waals surface area (Å²) in [5.41, 5.74) is 4.55. The summed E-state index contributed by atoms with van der Waals surface area (Å²) < 4.78 is 0. The Morgan fingerprint density at radius 2 is 2.12 bits per heavy atom. The summed E-state index contributed by atoms with van der Waals surface area (Å²) in [6, 6.07) is 8.66. The van der Waals surface area contributed by atoms with E-state index in [0.29, 0.717) is 0 Å². The highest BCUT2D eigenvalue weighted by atomic mass is 14.6. The van der Waals surface area contributed by atoms with Crippen LogP contribution in [0.5, 0.6) is 0 Å². The predicted octanol–water partition coefficient (Wildman–Crippen LogP) is 4.22. The van der Waals surface area contributed by atoms with Crippen LogP contribution in [0.25, 0.3) is 6.08 Å². The van der Waals surface area contributed by atoms with Crippen molar-refractivity contribution in [2.24, 2.45) is 23.7 Å². The second kappa shape index (κ2) is 3.35. The van der Waals surface area contributed by atoms with Gasteiger partial charge >= 0.3 is 0 Å². The van der Waals surface area contributed by atoms with Crippen LogP contribution < -0.4 is 0 Å². The zero-order chi connectivity index (χ0) is 11.4. The molecule has 0 aliphatic heterocycles. The standard InChI is InChI=1S/C17H18/c1-11-4-2-3-5-12(11)8-9-15-16-13-6-7-14(10-13)17(15)16/h2-6,8-9,14-17H,7,10H2,1H3/b9-8+/t14-,15+,16+,17-/m0/s1. The minimum Gasteiger partial charge on any atom is -0.0847 e. The van der Waals surface area contributed by atoms with Gasteiger partial charge in [0, 0.05) is 0 Å². The van der Waals surface area contributed by atoms with Crippen LogP contribution in [-0.4, -0.2) is 0 Å². The van der Waals surface area contributed by atoms with Crippen molar-refractivity contribution in [1.29, 1.82) is 0 Å². The highest BCUT2D eigenvalue weighted by Crippen LogP contribution is 2.67. The van der Waals surface area contributed by atoms with Crippen LogP contribution in [0, 0.1) is 30.6 Å². The third kappa shape index (κ3) is 1.36.